The summed E-state index contributed by atoms with van der Waals surface area (Å²) in [5.41, 5.74) is 1.63. The highest BCUT2D eigenvalue weighted by Gasteiger charge is 2.34. The van der Waals surface area contributed by atoms with Crippen molar-refractivity contribution in [1.29, 1.82) is 0 Å². The molecule has 1 saturated carbocycles. The number of ether oxygens (including phenoxy) is 3. The first-order valence-corrected chi connectivity index (χ1v) is 10.2. The zero-order valence-electron chi connectivity index (χ0n) is 17.2. The number of halogens is 1. The first-order valence-electron chi connectivity index (χ1n) is 9.87. The van der Waals surface area contributed by atoms with Crippen LogP contribution in [0.2, 0.25) is 5.02 Å². The SMILES string of the molecule is COc1cc(C(=O)NCC2(c3ccc(Cl)cc3)CCCCC2)cc(OC)c1OC. The molecular weight excluding hydrogens is 390 g/mol. The Bertz CT molecular complexity index is 819. The van der Waals surface area contributed by atoms with E-state index in [9.17, 15) is 4.79 Å². The van der Waals surface area contributed by atoms with Gasteiger partial charge in [-0.25, -0.2) is 0 Å². The molecule has 0 radical (unpaired) electrons. The van der Waals surface area contributed by atoms with Crippen molar-refractivity contribution in [3.8, 4) is 17.2 Å². The summed E-state index contributed by atoms with van der Waals surface area (Å²) in [4.78, 5) is 13.0. The van der Waals surface area contributed by atoms with Crippen LogP contribution < -0.4 is 19.5 Å². The van der Waals surface area contributed by atoms with Gasteiger partial charge < -0.3 is 19.5 Å². The Balaban J connectivity index is 1.83. The summed E-state index contributed by atoms with van der Waals surface area (Å²) < 4.78 is 16.1. The summed E-state index contributed by atoms with van der Waals surface area (Å²) in [6.45, 7) is 0.574. The van der Waals surface area contributed by atoms with E-state index in [0.717, 1.165) is 30.7 Å². The van der Waals surface area contributed by atoms with Crippen LogP contribution in [0.3, 0.4) is 0 Å². The first-order chi connectivity index (χ1) is 14.0. The van der Waals surface area contributed by atoms with Gasteiger partial charge in [-0.15, -0.1) is 0 Å². The van der Waals surface area contributed by atoms with Crippen LogP contribution in [0.5, 0.6) is 17.2 Å². The Hall–Kier alpha value is -2.40. The fourth-order valence-electron chi connectivity index (χ4n) is 4.16. The standard InChI is InChI=1S/C23H28ClNO4/c1-27-19-13-16(14-20(28-2)21(19)29-3)22(26)25-15-23(11-5-4-6-12-23)17-7-9-18(24)10-8-17/h7-10,13-14H,4-6,11-12,15H2,1-3H3,(H,25,26). The van der Waals surface area contributed by atoms with Gasteiger partial charge in [-0.1, -0.05) is 43.0 Å². The number of benzene rings is 2. The van der Waals surface area contributed by atoms with Crippen LogP contribution in [0.1, 0.15) is 48.0 Å². The summed E-state index contributed by atoms with van der Waals surface area (Å²) in [5, 5.41) is 3.86. The van der Waals surface area contributed by atoms with Gasteiger partial charge in [0.1, 0.15) is 0 Å². The molecule has 1 fully saturated rings. The fraction of sp³-hybridized carbons (Fsp3) is 0.435. The Morgan fingerprint density at radius 1 is 0.966 bits per heavy atom. The van der Waals surface area contributed by atoms with Crippen molar-refractivity contribution in [3.63, 3.8) is 0 Å². The third-order valence-corrected chi connectivity index (χ3v) is 6.03. The monoisotopic (exact) mass is 417 g/mol. The maximum absolute atomic E-state index is 13.0. The summed E-state index contributed by atoms with van der Waals surface area (Å²) in [6, 6.07) is 11.4. The van der Waals surface area contributed by atoms with Gasteiger partial charge >= 0.3 is 0 Å². The molecule has 0 aliphatic heterocycles. The highest BCUT2D eigenvalue weighted by Crippen LogP contribution is 2.40. The molecule has 29 heavy (non-hydrogen) atoms. The van der Waals surface area contributed by atoms with Gasteiger partial charge in [0.2, 0.25) is 5.75 Å². The normalized spacial score (nSPS) is 15.4. The lowest BCUT2D eigenvalue weighted by molar-refractivity contribution is 0.0936. The third-order valence-electron chi connectivity index (χ3n) is 5.78. The molecule has 2 aromatic rings. The maximum atomic E-state index is 13.0. The van der Waals surface area contributed by atoms with E-state index >= 15 is 0 Å². The van der Waals surface area contributed by atoms with Gasteiger partial charge in [-0.3, -0.25) is 4.79 Å². The molecule has 1 amide bonds. The zero-order chi connectivity index (χ0) is 20.9. The van der Waals surface area contributed by atoms with Crippen LogP contribution in [0, 0.1) is 0 Å². The molecule has 2 aromatic carbocycles. The Morgan fingerprint density at radius 3 is 2.07 bits per heavy atom. The molecule has 0 saturated heterocycles. The average Bonchev–Trinajstić information content (AvgIpc) is 2.77. The predicted molar refractivity (Wildman–Crippen MR) is 115 cm³/mol. The van der Waals surface area contributed by atoms with E-state index in [-0.39, 0.29) is 11.3 Å². The van der Waals surface area contributed by atoms with Gasteiger partial charge in [0.25, 0.3) is 5.91 Å². The Labute approximate surface area is 177 Å². The van der Waals surface area contributed by atoms with Gasteiger partial charge in [0.05, 0.1) is 21.3 Å². The minimum atomic E-state index is -0.164. The summed E-state index contributed by atoms with van der Waals surface area (Å²) in [5.74, 6) is 1.23. The molecule has 3 rings (SSSR count). The van der Waals surface area contributed by atoms with E-state index in [1.54, 1.807) is 19.2 Å². The van der Waals surface area contributed by atoms with E-state index < -0.39 is 0 Å². The number of hydrogen-bond donors (Lipinski definition) is 1. The number of carbonyl (C=O) groups excluding carboxylic acids is 1. The highest BCUT2D eigenvalue weighted by molar-refractivity contribution is 6.30. The van der Waals surface area contributed by atoms with Gasteiger partial charge in [-0.05, 0) is 42.7 Å². The number of nitrogens with one attached hydrogen (secondary N) is 1. The molecule has 0 spiro atoms. The minimum Gasteiger partial charge on any atom is -0.493 e. The predicted octanol–water partition coefficient (Wildman–Crippen LogP) is 5.00. The first kappa shape index (κ1) is 21.3. The molecule has 0 aromatic heterocycles. The lowest BCUT2D eigenvalue weighted by atomic mass is 9.69. The topological polar surface area (TPSA) is 56.8 Å². The number of amides is 1. The van der Waals surface area contributed by atoms with Crippen LogP contribution in [0.25, 0.3) is 0 Å². The number of carbonyl (C=O) groups is 1. The molecule has 0 unspecified atom stereocenters. The number of rotatable bonds is 7. The molecule has 0 bridgehead atoms. The van der Waals surface area contributed by atoms with Crippen molar-refractivity contribution in [2.45, 2.75) is 37.5 Å². The molecular formula is C23H28ClNO4. The Kier molecular flexibility index (Phi) is 6.91. The maximum Gasteiger partial charge on any atom is 0.251 e. The molecule has 156 valence electrons. The van der Waals surface area contributed by atoms with Crippen molar-refractivity contribution in [1.82, 2.24) is 5.32 Å². The molecule has 6 heteroatoms. The summed E-state index contributed by atoms with van der Waals surface area (Å²) in [6.07, 6.45) is 5.63. The second-order valence-corrected chi connectivity index (χ2v) is 7.88. The van der Waals surface area contributed by atoms with Crippen molar-refractivity contribution in [3.05, 3.63) is 52.5 Å². The van der Waals surface area contributed by atoms with E-state index in [2.05, 4.69) is 17.4 Å². The molecule has 0 atom stereocenters. The number of methoxy groups -OCH3 is 3. The van der Waals surface area contributed by atoms with E-state index in [1.807, 2.05) is 12.1 Å². The van der Waals surface area contributed by atoms with Crippen LogP contribution in [0.4, 0.5) is 0 Å². The lowest BCUT2D eigenvalue weighted by Gasteiger charge is -2.38. The van der Waals surface area contributed by atoms with Crippen molar-refractivity contribution in [2.24, 2.45) is 0 Å². The van der Waals surface area contributed by atoms with Crippen LogP contribution in [0.15, 0.2) is 36.4 Å². The largest absolute Gasteiger partial charge is 0.493 e. The number of hydrogen-bond acceptors (Lipinski definition) is 4. The van der Waals surface area contributed by atoms with Crippen molar-refractivity contribution >= 4 is 17.5 Å². The van der Waals surface area contributed by atoms with Crippen molar-refractivity contribution < 1.29 is 19.0 Å². The average molecular weight is 418 g/mol. The second-order valence-electron chi connectivity index (χ2n) is 7.44. The minimum absolute atomic E-state index is 0.0703. The van der Waals surface area contributed by atoms with Crippen LogP contribution >= 0.6 is 11.6 Å². The highest BCUT2D eigenvalue weighted by atomic mass is 35.5. The molecule has 1 aliphatic carbocycles. The van der Waals surface area contributed by atoms with Gasteiger partial charge in [-0.2, -0.15) is 0 Å². The van der Waals surface area contributed by atoms with E-state index in [0.29, 0.717) is 29.4 Å². The Morgan fingerprint density at radius 2 is 1.55 bits per heavy atom. The smallest absolute Gasteiger partial charge is 0.251 e. The molecule has 1 N–H and O–H groups in total. The third kappa shape index (κ3) is 4.61. The quantitative estimate of drug-likeness (QED) is 0.688. The summed E-state index contributed by atoms with van der Waals surface area (Å²) >= 11 is 6.08. The molecule has 5 nitrogen and oxygen atoms in total. The van der Waals surface area contributed by atoms with Crippen LogP contribution in [-0.4, -0.2) is 33.8 Å². The van der Waals surface area contributed by atoms with Crippen molar-refractivity contribution in [2.75, 3.05) is 27.9 Å². The van der Waals surface area contributed by atoms with Crippen LogP contribution in [-0.2, 0) is 5.41 Å². The van der Waals surface area contributed by atoms with Gasteiger partial charge in [0.15, 0.2) is 11.5 Å². The van der Waals surface area contributed by atoms with E-state index in [1.165, 1.54) is 26.2 Å². The van der Waals surface area contributed by atoms with E-state index in [4.69, 9.17) is 25.8 Å². The van der Waals surface area contributed by atoms with Gasteiger partial charge in [0, 0.05) is 22.5 Å². The molecule has 0 heterocycles. The fourth-order valence-corrected chi connectivity index (χ4v) is 4.29. The zero-order valence-corrected chi connectivity index (χ0v) is 18.0. The molecule has 1 aliphatic rings. The lowest BCUT2D eigenvalue weighted by Crippen LogP contribution is -2.42. The second kappa shape index (κ2) is 9.40. The summed E-state index contributed by atoms with van der Waals surface area (Å²) in [7, 11) is 4.62.